The number of benzene rings is 2. The zero-order valence-corrected chi connectivity index (χ0v) is 14.8. The molecule has 0 aliphatic carbocycles. The van der Waals surface area contributed by atoms with Crippen molar-refractivity contribution >= 4 is 18.1 Å². The van der Waals surface area contributed by atoms with Crippen LogP contribution in [0.1, 0.15) is 36.1 Å². The fraction of sp³-hybridized carbons (Fsp3) is 0.368. The molecule has 21 heavy (non-hydrogen) atoms. The van der Waals surface area contributed by atoms with Crippen molar-refractivity contribution in [1.82, 2.24) is 0 Å². The van der Waals surface area contributed by atoms with Gasteiger partial charge >= 0.3 is 0 Å². The molecule has 0 radical (unpaired) electrons. The highest BCUT2D eigenvalue weighted by molar-refractivity contribution is 7.85. The lowest BCUT2D eigenvalue weighted by Gasteiger charge is -2.25. The molecule has 0 fully saturated rings. The van der Waals surface area contributed by atoms with Crippen LogP contribution in [-0.2, 0) is 0 Å². The Balaban J connectivity index is 2.64. The number of aryl methyl sites for hydroxylation is 4. The summed E-state index contributed by atoms with van der Waals surface area (Å²) in [5, 5.41) is 2.17. The van der Waals surface area contributed by atoms with E-state index in [4.69, 9.17) is 0 Å². The van der Waals surface area contributed by atoms with E-state index >= 15 is 0 Å². The molecular formula is C19H26OP+. The molecule has 0 bridgehead atoms. The van der Waals surface area contributed by atoms with Crippen LogP contribution in [0.5, 0.6) is 0 Å². The highest BCUT2D eigenvalue weighted by atomic mass is 31.2. The monoisotopic (exact) mass is 301 g/mol. The summed E-state index contributed by atoms with van der Waals surface area (Å²) in [6.07, 6.45) is 0. The van der Waals surface area contributed by atoms with Crippen molar-refractivity contribution in [3.05, 3.63) is 58.7 Å². The lowest BCUT2D eigenvalue weighted by atomic mass is 10.1. The van der Waals surface area contributed by atoms with Gasteiger partial charge in [0.25, 0.3) is 0 Å². The third-order valence-corrected chi connectivity index (χ3v) is 8.14. The summed E-state index contributed by atoms with van der Waals surface area (Å²) in [6, 6.07) is 12.8. The number of hydrogen-bond donors (Lipinski definition) is 1. The van der Waals surface area contributed by atoms with Crippen molar-refractivity contribution in [3.63, 3.8) is 0 Å². The van der Waals surface area contributed by atoms with Crippen LogP contribution < -0.4 is 10.6 Å². The molecule has 0 saturated carbocycles. The fourth-order valence-electron chi connectivity index (χ4n) is 2.62. The Morgan fingerprint density at radius 3 is 1.38 bits per heavy atom. The van der Waals surface area contributed by atoms with Crippen LogP contribution in [0.15, 0.2) is 36.4 Å². The molecule has 0 spiro atoms. The molecule has 0 amide bonds. The van der Waals surface area contributed by atoms with E-state index in [1.54, 1.807) is 0 Å². The summed E-state index contributed by atoms with van der Waals surface area (Å²) in [4.78, 5) is 11.6. The van der Waals surface area contributed by atoms with Crippen molar-refractivity contribution in [2.45, 2.75) is 47.2 Å². The molecule has 112 valence electrons. The van der Waals surface area contributed by atoms with Gasteiger partial charge in [0, 0.05) is 0 Å². The molecule has 0 aliphatic rings. The molecule has 0 saturated heterocycles. The van der Waals surface area contributed by atoms with Crippen molar-refractivity contribution in [1.29, 1.82) is 0 Å². The van der Waals surface area contributed by atoms with Gasteiger partial charge in [0.05, 0.1) is 5.66 Å². The topological polar surface area (TPSA) is 20.2 Å². The Morgan fingerprint density at radius 2 is 1.10 bits per heavy atom. The summed E-state index contributed by atoms with van der Waals surface area (Å²) in [7, 11) is -2.34. The Morgan fingerprint density at radius 1 is 0.714 bits per heavy atom. The predicted molar refractivity (Wildman–Crippen MR) is 95.4 cm³/mol. The van der Waals surface area contributed by atoms with Crippen molar-refractivity contribution < 1.29 is 4.89 Å². The van der Waals surface area contributed by atoms with Crippen LogP contribution in [0.3, 0.4) is 0 Å². The molecule has 2 aromatic carbocycles. The van der Waals surface area contributed by atoms with E-state index < -0.39 is 7.49 Å². The Kier molecular flexibility index (Phi) is 4.56. The summed E-state index contributed by atoms with van der Waals surface area (Å²) >= 11 is 0. The minimum atomic E-state index is -2.34. The highest BCUT2D eigenvalue weighted by Gasteiger charge is 2.45. The molecule has 2 heteroatoms. The summed E-state index contributed by atoms with van der Waals surface area (Å²) < 4.78 is 0. The number of hydrogen-bond acceptors (Lipinski definition) is 1. The van der Waals surface area contributed by atoms with E-state index in [-0.39, 0.29) is 5.66 Å². The smallest absolute Gasteiger partial charge is 0.208 e. The normalized spacial score (nSPS) is 12.0. The second-order valence-corrected chi connectivity index (χ2v) is 9.75. The van der Waals surface area contributed by atoms with Gasteiger partial charge in [-0.15, -0.1) is 0 Å². The van der Waals surface area contributed by atoms with Crippen molar-refractivity contribution in [2.75, 3.05) is 0 Å². The van der Waals surface area contributed by atoms with Crippen LogP contribution in [0, 0.1) is 27.7 Å². The fourth-order valence-corrected chi connectivity index (χ4v) is 5.50. The van der Waals surface area contributed by atoms with Crippen molar-refractivity contribution in [3.8, 4) is 0 Å². The molecule has 0 atom stereocenters. The van der Waals surface area contributed by atoms with Crippen LogP contribution in [0.4, 0.5) is 0 Å². The minimum Gasteiger partial charge on any atom is -0.240 e. The lowest BCUT2D eigenvalue weighted by molar-refractivity contribution is 0.610. The minimum absolute atomic E-state index is 0.210. The zero-order valence-electron chi connectivity index (χ0n) is 13.9. The zero-order chi connectivity index (χ0) is 15.8. The van der Waals surface area contributed by atoms with Gasteiger partial charge < -0.3 is 0 Å². The van der Waals surface area contributed by atoms with Crippen LogP contribution in [0.25, 0.3) is 0 Å². The Labute approximate surface area is 129 Å². The first kappa shape index (κ1) is 16.2. The molecule has 0 aromatic heterocycles. The summed E-state index contributed by atoms with van der Waals surface area (Å²) in [6.45, 7) is 12.7. The third-order valence-electron chi connectivity index (χ3n) is 4.52. The van der Waals surface area contributed by atoms with Crippen LogP contribution >= 0.6 is 7.49 Å². The molecule has 0 aliphatic heterocycles. The van der Waals surface area contributed by atoms with E-state index in [0.29, 0.717) is 0 Å². The molecule has 2 rings (SSSR count). The van der Waals surface area contributed by atoms with Gasteiger partial charge in [-0.1, -0.05) is 12.1 Å². The first-order chi connectivity index (χ1) is 9.76. The van der Waals surface area contributed by atoms with E-state index in [1.165, 1.54) is 22.3 Å². The average molecular weight is 301 g/mol. The van der Waals surface area contributed by atoms with Crippen LogP contribution in [0.2, 0.25) is 0 Å². The van der Waals surface area contributed by atoms with E-state index in [0.717, 1.165) is 10.6 Å². The second kappa shape index (κ2) is 5.91. The van der Waals surface area contributed by atoms with E-state index in [1.807, 2.05) is 0 Å². The van der Waals surface area contributed by atoms with Crippen molar-refractivity contribution in [2.24, 2.45) is 0 Å². The molecule has 1 nitrogen and oxygen atoms in total. The maximum atomic E-state index is 11.6. The average Bonchev–Trinajstić information content (AvgIpc) is 2.43. The maximum absolute atomic E-state index is 11.6. The van der Waals surface area contributed by atoms with Gasteiger partial charge in [0.2, 0.25) is 7.49 Å². The van der Waals surface area contributed by atoms with Gasteiger partial charge in [0.15, 0.2) is 0 Å². The molecule has 1 N–H and O–H groups in total. The Hall–Kier alpha value is -1.17. The van der Waals surface area contributed by atoms with Gasteiger partial charge in [-0.05, 0) is 88.1 Å². The largest absolute Gasteiger partial charge is 0.240 e. The molecular weight excluding hydrogens is 275 g/mol. The van der Waals surface area contributed by atoms with Crippen LogP contribution in [-0.4, -0.2) is 10.6 Å². The summed E-state index contributed by atoms with van der Waals surface area (Å²) in [5.41, 5.74) is 5.25. The van der Waals surface area contributed by atoms with Gasteiger partial charge in [-0.25, -0.2) is 4.89 Å². The number of rotatable bonds is 3. The lowest BCUT2D eigenvalue weighted by Crippen LogP contribution is -2.29. The maximum Gasteiger partial charge on any atom is 0.208 e. The predicted octanol–water partition coefficient (Wildman–Crippen LogP) is 4.20. The standard InChI is InChI=1S/C19H26OP/c1-13(2)21(20,18-9-7-14(3)16(5)11-18)19-10-8-15(4)17(6)12-19/h7-13,20H,1-6H3/q+1. The third kappa shape index (κ3) is 2.91. The second-order valence-electron chi connectivity index (χ2n) is 6.32. The molecule has 0 heterocycles. The first-order valence-corrected chi connectivity index (χ1v) is 9.35. The summed E-state index contributed by atoms with van der Waals surface area (Å²) in [5.74, 6) is 0. The van der Waals surface area contributed by atoms with E-state index in [9.17, 15) is 4.89 Å². The SMILES string of the molecule is Cc1ccc([P+](O)(c2ccc(C)c(C)c2)C(C)C)cc1C. The first-order valence-electron chi connectivity index (χ1n) is 7.54. The quantitative estimate of drug-likeness (QED) is 0.842. The van der Waals surface area contributed by atoms with Gasteiger partial charge in [-0.2, -0.15) is 0 Å². The molecule has 2 aromatic rings. The van der Waals surface area contributed by atoms with E-state index in [2.05, 4.69) is 77.9 Å². The highest BCUT2D eigenvalue weighted by Crippen LogP contribution is 2.56. The Bertz CT molecular complexity index is 607. The molecule has 0 unspecified atom stereocenters. The van der Waals surface area contributed by atoms with Gasteiger partial charge in [0.1, 0.15) is 10.6 Å². The van der Waals surface area contributed by atoms with Gasteiger partial charge in [-0.3, -0.25) is 0 Å².